The molecule has 0 radical (unpaired) electrons. The average molecular weight is 294 g/mol. The second kappa shape index (κ2) is 5.17. The van der Waals surface area contributed by atoms with Gasteiger partial charge in [-0.15, -0.1) is 6.42 Å². The number of aliphatic hydroxyl groups is 2. The lowest BCUT2D eigenvalue weighted by molar-refractivity contribution is -0.125. The van der Waals surface area contributed by atoms with Crippen LogP contribution in [0.2, 0.25) is 0 Å². The van der Waals surface area contributed by atoms with Gasteiger partial charge in [0.25, 0.3) is 0 Å². The number of terminal acetylenes is 1. The number of nitrogens with zero attached hydrogens (tertiary/aromatic N) is 1. The molecule has 2 rings (SSSR count). The lowest BCUT2D eigenvalue weighted by Gasteiger charge is -2.24. The van der Waals surface area contributed by atoms with E-state index in [4.69, 9.17) is 22.6 Å². The smallest absolute Gasteiger partial charge is 0.346 e. The van der Waals surface area contributed by atoms with Crippen molar-refractivity contribution in [3.63, 3.8) is 0 Å². The molecule has 1 fully saturated rings. The summed E-state index contributed by atoms with van der Waals surface area (Å²) in [5, 5.41) is 19.6. The molecule has 9 nitrogen and oxygen atoms in total. The Kier molecular flexibility index (Phi) is 3.69. The SMILES string of the molecule is C#C[C@]1(CO)O[C@@H](c2cnc(=O)[nH]c2N)[C@@H](C(N)=O)[C@@H]1O. The molecule has 7 N–H and O–H groups in total. The molecule has 21 heavy (non-hydrogen) atoms. The van der Waals surface area contributed by atoms with E-state index in [9.17, 15) is 19.8 Å². The Morgan fingerprint density at radius 3 is 2.81 bits per heavy atom. The molecule has 0 saturated carbocycles. The van der Waals surface area contributed by atoms with E-state index in [1.165, 1.54) is 0 Å². The summed E-state index contributed by atoms with van der Waals surface area (Å²) < 4.78 is 5.46. The fraction of sp³-hybridized carbons (Fsp3) is 0.417. The maximum atomic E-state index is 11.6. The number of hydrogen-bond donors (Lipinski definition) is 5. The molecule has 0 aliphatic carbocycles. The first-order valence-electron chi connectivity index (χ1n) is 5.95. The molecule has 1 saturated heterocycles. The quantitative estimate of drug-likeness (QED) is 0.377. The van der Waals surface area contributed by atoms with Crippen LogP contribution in [0.3, 0.4) is 0 Å². The zero-order valence-electron chi connectivity index (χ0n) is 10.8. The molecular formula is C12H14N4O5. The van der Waals surface area contributed by atoms with Gasteiger partial charge < -0.3 is 26.4 Å². The molecule has 0 aromatic carbocycles. The Labute approximate surface area is 118 Å². The summed E-state index contributed by atoms with van der Waals surface area (Å²) in [6.45, 7) is -0.721. The lowest BCUT2D eigenvalue weighted by Crippen LogP contribution is -2.46. The van der Waals surface area contributed by atoms with Gasteiger partial charge in [0.2, 0.25) is 5.91 Å². The second-order valence-corrected chi connectivity index (χ2v) is 4.66. The summed E-state index contributed by atoms with van der Waals surface area (Å²) in [7, 11) is 0. The van der Waals surface area contributed by atoms with Gasteiger partial charge in [-0.2, -0.15) is 0 Å². The van der Waals surface area contributed by atoms with Crippen LogP contribution >= 0.6 is 0 Å². The number of H-pyrrole nitrogens is 1. The highest BCUT2D eigenvalue weighted by Crippen LogP contribution is 2.44. The van der Waals surface area contributed by atoms with Crippen LogP contribution < -0.4 is 17.2 Å². The molecule has 1 aromatic heterocycles. The fourth-order valence-electron chi connectivity index (χ4n) is 2.33. The molecule has 112 valence electrons. The first kappa shape index (κ1) is 15.0. The molecule has 1 amide bonds. The number of aliphatic hydroxyl groups excluding tert-OH is 2. The highest BCUT2D eigenvalue weighted by Gasteiger charge is 2.56. The Hall–Kier alpha value is -2.41. The third-order valence-electron chi connectivity index (χ3n) is 3.47. The van der Waals surface area contributed by atoms with Crippen molar-refractivity contribution in [2.24, 2.45) is 11.7 Å². The van der Waals surface area contributed by atoms with Crippen molar-refractivity contribution in [3.05, 3.63) is 22.2 Å². The zero-order valence-corrected chi connectivity index (χ0v) is 10.8. The lowest BCUT2D eigenvalue weighted by atomic mass is 9.87. The van der Waals surface area contributed by atoms with E-state index in [0.717, 1.165) is 6.20 Å². The number of ether oxygens (including phenoxy) is 1. The summed E-state index contributed by atoms with van der Waals surface area (Å²) >= 11 is 0. The van der Waals surface area contributed by atoms with Crippen molar-refractivity contribution in [1.82, 2.24) is 9.97 Å². The predicted molar refractivity (Wildman–Crippen MR) is 70.4 cm³/mol. The molecule has 0 unspecified atom stereocenters. The minimum absolute atomic E-state index is 0.0933. The highest BCUT2D eigenvalue weighted by molar-refractivity contribution is 5.79. The second-order valence-electron chi connectivity index (χ2n) is 4.66. The van der Waals surface area contributed by atoms with E-state index in [0.29, 0.717) is 0 Å². The number of carbonyl (C=O) groups is 1. The number of primary amides is 1. The van der Waals surface area contributed by atoms with Gasteiger partial charge in [-0.05, 0) is 0 Å². The minimum Gasteiger partial charge on any atom is -0.392 e. The van der Waals surface area contributed by atoms with Crippen LogP contribution in [0.4, 0.5) is 5.82 Å². The van der Waals surface area contributed by atoms with Gasteiger partial charge in [-0.25, -0.2) is 9.78 Å². The Morgan fingerprint density at radius 1 is 1.67 bits per heavy atom. The van der Waals surface area contributed by atoms with E-state index in [-0.39, 0.29) is 11.4 Å². The van der Waals surface area contributed by atoms with Gasteiger partial charge in [0.05, 0.1) is 12.5 Å². The van der Waals surface area contributed by atoms with Crippen LogP contribution in [0.1, 0.15) is 11.7 Å². The van der Waals surface area contributed by atoms with Crippen molar-refractivity contribution in [2.75, 3.05) is 12.3 Å². The maximum absolute atomic E-state index is 11.6. The van der Waals surface area contributed by atoms with Gasteiger partial charge in [-0.3, -0.25) is 9.78 Å². The summed E-state index contributed by atoms with van der Waals surface area (Å²) in [6, 6.07) is 0. The Balaban J connectivity index is 2.54. The largest absolute Gasteiger partial charge is 0.392 e. The van der Waals surface area contributed by atoms with Gasteiger partial charge in [0.1, 0.15) is 18.0 Å². The Bertz CT molecular complexity index is 666. The van der Waals surface area contributed by atoms with E-state index in [1.807, 2.05) is 0 Å². The van der Waals surface area contributed by atoms with Crippen LogP contribution in [-0.2, 0) is 9.53 Å². The summed E-state index contributed by atoms with van der Waals surface area (Å²) in [4.78, 5) is 28.4. The van der Waals surface area contributed by atoms with E-state index >= 15 is 0 Å². The van der Waals surface area contributed by atoms with Crippen molar-refractivity contribution in [2.45, 2.75) is 17.8 Å². The van der Waals surface area contributed by atoms with Crippen molar-refractivity contribution in [1.29, 1.82) is 0 Å². The molecule has 1 aliphatic heterocycles. The number of amides is 1. The van der Waals surface area contributed by atoms with Crippen LogP contribution in [0.25, 0.3) is 0 Å². The maximum Gasteiger partial charge on any atom is 0.346 e. The standard InChI is InChI=1S/C12H14N4O5/c1-2-12(4-17)8(18)6(10(14)19)7(21-12)5-3-15-11(20)16-9(5)13/h1,3,6-8,17-18H,4H2,(H2,14,19)(H3,13,15,16,20)/t6-,7+,8+,12-/m1/s1. The third-order valence-corrected chi connectivity index (χ3v) is 3.47. The number of rotatable bonds is 3. The van der Waals surface area contributed by atoms with Gasteiger partial charge in [0.15, 0.2) is 5.60 Å². The van der Waals surface area contributed by atoms with Gasteiger partial charge in [-0.1, -0.05) is 5.92 Å². The summed E-state index contributed by atoms with van der Waals surface area (Å²) in [5.41, 5.74) is 8.59. The molecule has 9 heteroatoms. The first-order valence-corrected chi connectivity index (χ1v) is 5.95. The van der Waals surface area contributed by atoms with E-state index < -0.39 is 41.9 Å². The number of nitrogens with two attached hydrogens (primary N) is 2. The highest BCUT2D eigenvalue weighted by atomic mass is 16.5. The number of nitrogen functional groups attached to an aromatic ring is 1. The summed E-state index contributed by atoms with van der Waals surface area (Å²) in [6.07, 6.45) is 3.72. The number of nitrogens with one attached hydrogen (secondary N) is 1. The normalized spacial score (nSPS) is 31.8. The molecule has 4 atom stereocenters. The number of anilines is 1. The van der Waals surface area contributed by atoms with Gasteiger partial charge >= 0.3 is 5.69 Å². The number of aromatic amines is 1. The third kappa shape index (κ3) is 2.25. The van der Waals surface area contributed by atoms with Crippen molar-refractivity contribution < 1.29 is 19.7 Å². The van der Waals surface area contributed by atoms with Gasteiger partial charge in [0, 0.05) is 11.8 Å². The number of hydrogen-bond acceptors (Lipinski definition) is 7. The molecule has 0 spiro atoms. The van der Waals surface area contributed by atoms with Crippen LogP contribution in [0.15, 0.2) is 11.0 Å². The number of aromatic nitrogens is 2. The van der Waals surface area contributed by atoms with Crippen LogP contribution in [0, 0.1) is 18.3 Å². The zero-order chi connectivity index (χ0) is 15.8. The van der Waals surface area contributed by atoms with Crippen molar-refractivity contribution >= 4 is 11.7 Å². The first-order chi connectivity index (χ1) is 9.86. The predicted octanol–water partition coefficient (Wildman–Crippen LogP) is -2.75. The molecule has 0 bridgehead atoms. The van der Waals surface area contributed by atoms with Crippen molar-refractivity contribution in [3.8, 4) is 12.3 Å². The number of carbonyl (C=O) groups excluding carboxylic acids is 1. The summed E-state index contributed by atoms with van der Waals surface area (Å²) in [5.74, 6) is -0.0967. The molecule has 1 aliphatic rings. The monoisotopic (exact) mass is 294 g/mol. The van der Waals surface area contributed by atoms with E-state index in [2.05, 4.69) is 15.9 Å². The topological polar surface area (TPSA) is 165 Å². The minimum atomic E-state index is -1.78. The fourth-order valence-corrected chi connectivity index (χ4v) is 2.33. The molecule has 2 heterocycles. The van der Waals surface area contributed by atoms with Crippen LogP contribution in [-0.4, -0.2) is 44.4 Å². The molecular weight excluding hydrogens is 280 g/mol. The average Bonchev–Trinajstić information content (AvgIpc) is 2.72. The van der Waals surface area contributed by atoms with Crippen LogP contribution in [0.5, 0.6) is 0 Å². The van der Waals surface area contributed by atoms with E-state index in [1.54, 1.807) is 0 Å². The Morgan fingerprint density at radius 2 is 2.33 bits per heavy atom. The molecule has 1 aromatic rings.